The molecule has 110 valence electrons. The smallest absolute Gasteiger partial charge is 0.317 e. The molecule has 1 aliphatic carbocycles. The van der Waals surface area contributed by atoms with Gasteiger partial charge >= 0.3 is 12.0 Å². The molecule has 0 heterocycles. The van der Waals surface area contributed by atoms with Crippen molar-refractivity contribution in [3.05, 3.63) is 0 Å². The summed E-state index contributed by atoms with van der Waals surface area (Å²) in [6.07, 6.45) is 3.04. The first-order valence-electron chi connectivity index (χ1n) is 7.26. The van der Waals surface area contributed by atoms with Gasteiger partial charge in [0.05, 0.1) is 5.92 Å². The summed E-state index contributed by atoms with van der Waals surface area (Å²) in [7, 11) is 0. The third kappa shape index (κ3) is 4.73. The second kappa shape index (κ2) is 7.36. The maximum absolute atomic E-state index is 12.1. The van der Waals surface area contributed by atoms with Gasteiger partial charge in [-0.15, -0.1) is 0 Å². The molecule has 3 atom stereocenters. The van der Waals surface area contributed by atoms with Gasteiger partial charge in [-0.3, -0.25) is 4.79 Å². The Morgan fingerprint density at radius 2 is 2.05 bits per heavy atom. The summed E-state index contributed by atoms with van der Waals surface area (Å²) >= 11 is 0. The number of aliphatic carboxylic acids is 1. The van der Waals surface area contributed by atoms with Crippen LogP contribution in [0.1, 0.15) is 46.5 Å². The Bertz CT molecular complexity index is 320. The minimum absolute atomic E-state index is 0.0135. The van der Waals surface area contributed by atoms with Gasteiger partial charge in [0, 0.05) is 19.1 Å². The number of nitrogens with zero attached hydrogens (tertiary/aromatic N) is 1. The van der Waals surface area contributed by atoms with E-state index in [0.717, 1.165) is 19.4 Å². The van der Waals surface area contributed by atoms with E-state index in [4.69, 9.17) is 5.11 Å². The zero-order chi connectivity index (χ0) is 14.4. The highest BCUT2D eigenvalue weighted by Crippen LogP contribution is 2.25. The molecule has 0 aromatic heterocycles. The number of hydrogen-bond donors (Lipinski definition) is 2. The molecule has 0 spiro atoms. The lowest BCUT2D eigenvalue weighted by molar-refractivity contribution is -0.141. The Hall–Kier alpha value is -1.26. The molecule has 0 aliphatic heterocycles. The summed E-state index contributed by atoms with van der Waals surface area (Å²) in [6, 6.07) is -0.0431. The molecule has 5 heteroatoms. The molecule has 2 amide bonds. The van der Waals surface area contributed by atoms with Crippen molar-refractivity contribution in [1.29, 1.82) is 0 Å². The average Bonchev–Trinajstić information content (AvgIpc) is 2.84. The maximum atomic E-state index is 12.1. The molecule has 0 bridgehead atoms. The largest absolute Gasteiger partial charge is 0.481 e. The molecule has 1 fully saturated rings. The van der Waals surface area contributed by atoms with Crippen LogP contribution in [0.3, 0.4) is 0 Å². The van der Waals surface area contributed by atoms with Gasteiger partial charge in [0.25, 0.3) is 0 Å². The van der Waals surface area contributed by atoms with Crippen molar-refractivity contribution in [1.82, 2.24) is 10.2 Å². The summed E-state index contributed by atoms with van der Waals surface area (Å²) in [4.78, 5) is 24.8. The minimum Gasteiger partial charge on any atom is -0.481 e. The third-order valence-corrected chi connectivity index (χ3v) is 4.01. The van der Waals surface area contributed by atoms with Crippen LogP contribution in [0, 0.1) is 11.8 Å². The van der Waals surface area contributed by atoms with Gasteiger partial charge in [-0.05, 0) is 32.1 Å². The highest BCUT2D eigenvalue weighted by Gasteiger charge is 2.31. The standard InChI is InChI=1S/C14H26N2O3/c1-4-10(3)9-16(5-2)14(19)15-12-7-6-11(8-12)13(17)18/h10-12H,4-9H2,1-3H3,(H,15,19)(H,17,18)/t10?,11-,12+/m1/s1. The molecular weight excluding hydrogens is 244 g/mol. The van der Waals surface area contributed by atoms with E-state index in [2.05, 4.69) is 19.2 Å². The van der Waals surface area contributed by atoms with Crippen molar-refractivity contribution in [3.8, 4) is 0 Å². The third-order valence-electron chi connectivity index (χ3n) is 4.01. The molecule has 5 nitrogen and oxygen atoms in total. The van der Waals surface area contributed by atoms with Gasteiger partial charge in [0.1, 0.15) is 0 Å². The summed E-state index contributed by atoms with van der Waals surface area (Å²) in [5.74, 6) is -0.556. The number of amides is 2. The highest BCUT2D eigenvalue weighted by molar-refractivity contribution is 5.75. The number of carboxylic acid groups (broad SMARTS) is 1. The van der Waals surface area contributed by atoms with Gasteiger partial charge in [-0.25, -0.2) is 4.79 Å². The van der Waals surface area contributed by atoms with Crippen molar-refractivity contribution in [2.75, 3.05) is 13.1 Å². The van der Waals surface area contributed by atoms with E-state index in [0.29, 0.717) is 25.3 Å². The Morgan fingerprint density at radius 1 is 1.37 bits per heavy atom. The van der Waals surface area contributed by atoms with E-state index in [-0.39, 0.29) is 18.0 Å². The lowest BCUT2D eigenvalue weighted by atomic mass is 10.1. The van der Waals surface area contributed by atoms with Crippen molar-refractivity contribution < 1.29 is 14.7 Å². The summed E-state index contributed by atoms with van der Waals surface area (Å²) in [6.45, 7) is 7.66. The van der Waals surface area contributed by atoms with Gasteiger partial charge in [0.2, 0.25) is 0 Å². The number of carboxylic acids is 1. The van der Waals surface area contributed by atoms with Gasteiger partial charge in [0.15, 0.2) is 0 Å². The van der Waals surface area contributed by atoms with Crippen LogP contribution in [0.5, 0.6) is 0 Å². The molecule has 19 heavy (non-hydrogen) atoms. The van der Waals surface area contributed by atoms with Crippen LogP contribution in [0.25, 0.3) is 0 Å². The minimum atomic E-state index is -0.747. The molecule has 0 aromatic carbocycles. The Balaban J connectivity index is 2.43. The second-order valence-electron chi connectivity index (χ2n) is 5.55. The summed E-state index contributed by atoms with van der Waals surface area (Å²) in [5.41, 5.74) is 0. The van der Waals surface area contributed by atoms with E-state index in [1.165, 1.54) is 0 Å². The predicted molar refractivity (Wildman–Crippen MR) is 74.0 cm³/mol. The number of carbonyl (C=O) groups excluding carboxylic acids is 1. The fraction of sp³-hybridized carbons (Fsp3) is 0.857. The fourth-order valence-corrected chi connectivity index (χ4v) is 2.46. The topological polar surface area (TPSA) is 69.6 Å². The van der Waals surface area contributed by atoms with Crippen LogP contribution in [-0.2, 0) is 4.79 Å². The molecule has 0 saturated heterocycles. The van der Waals surface area contributed by atoms with E-state index in [9.17, 15) is 9.59 Å². The maximum Gasteiger partial charge on any atom is 0.317 e. The zero-order valence-electron chi connectivity index (χ0n) is 12.2. The molecule has 0 aromatic rings. The highest BCUT2D eigenvalue weighted by atomic mass is 16.4. The molecule has 1 aliphatic rings. The lowest BCUT2D eigenvalue weighted by Gasteiger charge is -2.26. The first-order valence-corrected chi connectivity index (χ1v) is 7.26. The Kier molecular flexibility index (Phi) is 6.12. The monoisotopic (exact) mass is 270 g/mol. The van der Waals surface area contributed by atoms with Crippen LogP contribution < -0.4 is 5.32 Å². The van der Waals surface area contributed by atoms with E-state index >= 15 is 0 Å². The lowest BCUT2D eigenvalue weighted by Crippen LogP contribution is -2.45. The Morgan fingerprint density at radius 3 is 2.53 bits per heavy atom. The van der Waals surface area contributed by atoms with Crippen molar-refractivity contribution in [2.45, 2.75) is 52.5 Å². The normalized spacial score (nSPS) is 23.9. The summed E-state index contributed by atoms with van der Waals surface area (Å²) in [5, 5.41) is 11.9. The molecule has 1 rings (SSSR count). The van der Waals surface area contributed by atoms with Crippen LogP contribution in [0.4, 0.5) is 4.79 Å². The molecule has 1 saturated carbocycles. The van der Waals surface area contributed by atoms with E-state index in [1.807, 2.05) is 11.8 Å². The SMILES string of the molecule is CCC(C)CN(CC)C(=O)N[C@H]1CC[C@@H](C(=O)O)C1. The van der Waals surface area contributed by atoms with Gasteiger partial charge < -0.3 is 15.3 Å². The molecule has 0 radical (unpaired) electrons. The van der Waals surface area contributed by atoms with Crippen molar-refractivity contribution >= 4 is 12.0 Å². The van der Waals surface area contributed by atoms with Crippen molar-refractivity contribution in [3.63, 3.8) is 0 Å². The number of rotatable bonds is 6. The predicted octanol–water partition coefficient (Wildman–Crippen LogP) is 2.32. The number of urea groups is 1. The average molecular weight is 270 g/mol. The number of carbonyl (C=O) groups is 2. The first-order chi connectivity index (χ1) is 8.97. The van der Waals surface area contributed by atoms with E-state index in [1.54, 1.807) is 0 Å². The first kappa shape index (κ1) is 15.8. The van der Waals surface area contributed by atoms with Gasteiger partial charge in [-0.2, -0.15) is 0 Å². The Labute approximate surface area is 115 Å². The van der Waals surface area contributed by atoms with Crippen LogP contribution in [0.15, 0.2) is 0 Å². The van der Waals surface area contributed by atoms with Crippen molar-refractivity contribution in [2.24, 2.45) is 11.8 Å². The van der Waals surface area contributed by atoms with E-state index < -0.39 is 5.97 Å². The number of hydrogen-bond acceptors (Lipinski definition) is 2. The second-order valence-corrected chi connectivity index (χ2v) is 5.55. The molecule has 1 unspecified atom stereocenters. The summed E-state index contributed by atoms with van der Waals surface area (Å²) < 4.78 is 0. The quantitative estimate of drug-likeness (QED) is 0.778. The molecular formula is C14H26N2O3. The fourth-order valence-electron chi connectivity index (χ4n) is 2.46. The van der Waals surface area contributed by atoms with Crippen LogP contribution in [0.2, 0.25) is 0 Å². The van der Waals surface area contributed by atoms with Crippen LogP contribution in [-0.4, -0.2) is 41.1 Å². The molecule has 2 N–H and O–H groups in total. The number of nitrogens with one attached hydrogen (secondary N) is 1. The zero-order valence-corrected chi connectivity index (χ0v) is 12.2. The van der Waals surface area contributed by atoms with Gasteiger partial charge in [-0.1, -0.05) is 20.3 Å². The van der Waals surface area contributed by atoms with Crippen LogP contribution >= 0.6 is 0 Å².